The van der Waals surface area contributed by atoms with Crippen LogP contribution in [0.15, 0.2) is 26.7 Å². The van der Waals surface area contributed by atoms with Crippen LogP contribution in [0.3, 0.4) is 0 Å². The van der Waals surface area contributed by atoms with Crippen LogP contribution in [0.5, 0.6) is 11.5 Å². The fourth-order valence-electron chi connectivity index (χ4n) is 1.71. The molecular weight excluding hydrogens is 360 g/mol. The number of aromatic amines is 2. The Labute approximate surface area is 144 Å². The summed E-state index contributed by atoms with van der Waals surface area (Å²) in [4.78, 5) is 36.4. The largest absolute Gasteiger partial charge is 0.495 e. The average Bonchev–Trinajstić information content (AvgIpc) is 2.54. The minimum absolute atomic E-state index is 0.0236. The van der Waals surface area contributed by atoms with Gasteiger partial charge in [-0.15, -0.1) is 0 Å². The standard InChI is InChI=1S/C13H13ClN4O5S/c1-22-8-4-9(23-2)7(3-6(8)14)15-10(19)5-24-12-11(20)16-13(21)18-17-12/h3-4H,5H2,1-2H3,(H,15,19)(H2,16,18,20,21). The fourth-order valence-corrected chi connectivity index (χ4v) is 2.59. The Kier molecular flexibility index (Phi) is 5.88. The lowest BCUT2D eigenvalue weighted by Crippen LogP contribution is -2.25. The Bertz CT molecular complexity index is 866. The minimum Gasteiger partial charge on any atom is -0.495 e. The molecule has 0 radical (unpaired) electrons. The summed E-state index contributed by atoms with van der Waals surface area (Å²) in [6, 6.07) is 3.03. The third kappa shape index (κ3) is 4.30. The fraction of sp³-hybridized carbons (Fsp3) is 0.231. The molecule has 11 heteroatoms. The summed E-state index contributed by atoms with van der Waals surface area (Å²) in [6.45, 7) is 0. The van der Waals surface area contributed by atoms with Crippen molar-refractivity contribution in [2.45, 2.75) is 5.03 Å². The van der Waals surface area contributed by atoms with E-state index in [2.05, 4.69) is 15.5 Å². The monoisotopic (exact) mass is 372 g/mol. The number of benzene rings is 1. The smallest absolute Gasteiger partial charge is 0.342 e. The topological polar surface area (TPSA) is 126 Å². The van der Waals surface area contributed by atoms with Crippen LogP contribution in [-0.4, -0.2) is 41.1 Å². The number of amides is 1. The first kappa shape index (κ1) is 17.9. The molecule has 2 rings (SSSR count). The number of anilines is 1. The Morgan fingerprint density at radius 2 is 2.00 bits per heavy atom. The third-order valence-electron chi connectivity index (χ3n) is 2.77. The van der Waals surface area contributed by atoms with Gasteiger partial charge < -0.3 is 14.8 Å². The van der Waals surface area contributed by atoms with E-state index in [1.54, 1.807) is 6.07 Å². The van der Waals surface area contributed by atoms with E-state index < -0.39 is 17.2 Å². The van der Waals surface area contributed by atoms with Crippen molar-refractivity contribution >= 4 is 35.0 Å². The highest BCUT2D eigenvalue weighted by Crippen LogP contribution is 2.35. The van der Waals surface area contributed by atoms with Crippen molar-refractivity contribution in [1.82, 2.24) is 15.2 Å². The molecule has 1 aromatic heterocycles. The molecule has 0 saturated carbocycles. The first-order chi connectivity index (χ1) is 11.4. The number of methoxy groups -OCH3 is 2. The normalized spacial score (nSPS) is 10.3. The second kappa shape index (κ2) is 7.88. The van der Waals surface area contributed by atoms with E-state index in [0.29, 0.717) is 22.2 Å². The molecule has 0 saturated heterocycles. The quantitative estimate of drug-likeness (QED) is 0.642. The van der Waals surface area contributed by atoms with E-state index in [0.717, 1.165) is 11.8 Å². The SMILES string of the molecule is COc1cc(OC)c(NC(=O)CSc2n[nH]c(=O)[nH]c2=O)cc1Cl. The molecule has 0 aliphatic rings. The number of halogens is 1. The van der Waals surface area contributed by atoms with E-state index in [1.807, 2.05) is 4.98 Å². The minimum atomic E-state index is -0.716. The molecule has 0 fully saturated rings. The summed E-state index contributed by atoms with van der Waals surface area (Å²) in [6.07, 6.45) is 0. The molecule has 0 aliphatic carbocycles. The summed E-state index contributed by atoms with van der Waals surface area (Å²) in [5, 5.41) is 8.55. The van der Waals surface area contributed by atoms with Crippen LogP contribution in [0.25, 0.3) is 0 Å². The van der Waals surface area contributed by atoms with Crippen LogP contribution in [0.1, 0.15) is 0 Å². The predicted molar refractivity (Wildman–Crippen MR) is 89.4 cm³/mol. The van der Waals surface area contributed by atoms with E-state index in [-0.39, 0.29) is 10.8 Å². The predicted octanol–water partition coefficient (Wildman–Crippen LogP) is 0.860. The van der Waals surface area contributed by atoms with E-state index >= 15 is 0 Å². The van der Waals surface area contributed by atoms with E-state index in [1.165, 1.54) is 20.3 Å². The first-order valence-corrected chi connectivity index (χ1v) is 7.84. The van der Waals surface area contributed by atoms with E-state index in [4.69, 9.17) is 21.1 Å². The Morgan fingerprint density at radius 1 is 1.29 bits per heavy atom. The molecule has 0 unspecified atom stereocenters. The second-order valence-electron chi connectivity index (χ2n) is 4.34. The number of carbonyl (C=O) groups excluding carboxylic acids is 1. The molecule has 0 spiro atoms. The number of hydrogen-bond donors (Lipinski definition) is 3. The van der Waals surface area contributed by atoms with Gasteiger partial charge in [0.1, 0.15) is 11.5 Å². The van der Waals surface area contributed by atoms with Gasteiger partial charge in [0, 0.05) is 6.07 Å². The van der Waals surface area contributed by atoms with Crippen LogP contribution in [0, 0.1) is 0 Å². The number of nitrogens with one attached hydrogen (secondary N) is 3. The van der Waals surface area contributed by atoms with E-state index in [9.17, 15) is 14.4 Å². The van der Waals surface area contributed by atoms with Gasteiger partial charge in [-0.1, -0.05) is 23.4 Å². The van der Waals surface area contributed by atoms with Crippen molar-refractivity contribution in [2.75, 3.05) is 25.3 Å². The number of hydrogen-bond acceptors (Lipinski definition) is 7. The zero-order valence-electron chi connectivity index (χ0n) is 12.6. The molecule has 1 aromatic carbocycles. The molecule has 0 bridgehead atoms. The van der Waals surface area contributed by atoms with Gasteiger partial charge in [-0.2, -0.15) is 5.10 Å². The average molecular weight is 373 g/mol. The molecule has 2 aromatic rings. The lowest BCUT2D eigenvalue weighted by atomic mass is 10.2. The van der Waals surface area contributed by atoms with Gasteiger partial charge in [0.25, 0.3) is 5.56 Å². The van der Waals surface area contributed by atoms with Crippen molar-refractivity contribution < 1.29 is 14.3 Å². The maximum absolute atomic E-state index is 12.0. The van der Waals surface area contributed by atoms with Gasteiger partial charge in [0.2, 0.25) is 5.91 Å². The molecule has 24 heavy (non-hydrogen) atoms. The van der Waals surface area contributed by atoms with Gasteiger partial charge in [0.15, 0.2) is 5.03 Å². The van der Waals surface area contributed by atoms with Crippen LogP contribution < -0.4 is 26.0 Å². The van der Waals surface area contributed by atoms with Crippen molar-refractivity contribution in [3.63, 3.8) is 0 Å². The summed E-state index contributed by atoms with van der Waals surface area (Å²) in [5.41, 5.74) is -1.02. The third-order valence-corrected chi connectivity index (χ3v) is 4.02. The molecular formula is C13H13ClN4O5S. The number of aromatic nitrogens is 3. The van der Waals surface area contributed by atoms with Gasteiger partial charge in [-0.3, -0.25) is 14.6 Å². The molecule has 0 aliphatic heterocycles. The summed E-state index contributed by atoms with van der Waals surface area (Å²) < 4.78 is 10.2. The number of carbonyl (C=O) groups is 1. The number of nitrogens with zero attached hydrogens (tertiary/aromatic N) is 1. The lowest BCUT2D eigenvalue weighted by molar-refractivity contribution is -0.113. The zero-order chi connectivity index (χ0) is 17.7. The van der Waals surface area contributed by atoms with Crippen molar-refractivity contribution in [3.05, 3.63) is 38.0 Å². The van der Waals surface area contributed by atoms with Gasteiger partial charge in [-0.25, -0.2) is 9.89 Å². The lowest BCUT2D eigenvalue weighted by Gasteiger charge is -2.12. The Morgan fingerprint density at radius 3 is 2.62 bits per heavy atom. The highest BCUT2D eigenvalue weighted by Gasteiger charge is 2.14. The number of thioether (sulfide) groups is 1. The maximum Gasteiger partial charge on any atom is 0.342 e. The summed E-state index contributed by atoms with van der Waals surface area (Å²) >= 11 is 6.90. The number of ether oxygens (including phenoxy) is 2. The van der Waals surface area contributed by atoms with Crippen LogP contribution >= 0.6 is 23.4 Å². The zero-order valence-corrected chi connectivity index (χ0v) is 14.2. The number of H-pyrrole nitrogens is 2. The number of rotatable bonds is 6. The molecule has 3 N–H and O–H groups in total. The molecule has 1 amide bonds. The summed E-state index contributed by atoms with van der Waals surface area (Å²) in [5.74, 6) is 0.265. The Balaban J connectivity index is 2.08. The van der Waals surface area contributed by atoms with Gasteiger partial charge in [0.05, 0.1) is 30.7 Å². The van der Waals surface area contributed by atoms with Crippen LogP contribution in [0.2, 0.25) is 5.02 Å². The van der Waals surface area contributed by atoms with Gasteiger partial charge >= 0.3 is 5.69 Å². The second-order valence-corrected chi connectivity index (χ2v) is 5.71. The highest BCUT2D eigenvalue weighted by atomic mass is 35.5. The van der Waals surface area contributed by atoms with Crippen molar-refractivity contribution in [1.29, 1.82) is 0 Å². The highest BCUT2D eigenvalue weighted by molar-refractivity contribution is 7.99. The Hall–Kier alpha value is -2.46. The molecule has 128 valence electrons. The maximum atomic E-state index is 12.0. The molecule has 9 nitrogen and oxygen atoms in total. The first-order valence-electron chi connectivity index (χ1n) is 6.47. The van der Waals surface area contributed by atoms with Crippen LogP contribution in [-0.2, 0) is 4.79 Å². The van der Waals surface area contributed by atoms with Crippen molar-refractivity contribution in [3.8, 4) is 11.5 Å². The van der Waals surface area contributed by atoms with Gasteiger partial charge in [-0.05, 0) is 6.07 Å². The van der Waals surface area contributed by atoms with Crippen LogP contribution in [0.4, 0.5) is 5.69 Å². The summed E-state index contributed by atoms with van der Waals surface area (Å²) in [7, 11) is 2.90. The van der Waals surface area contributed by atoms with Crippen molar-refractivity contribution in [2.24, 2.45) is 0 Å². The molecule has 0 atom stereocenters. The molecule has 1 heterocycles.